The predicted molar refractivity (Wildman–Crippen MR) is 80.3 cm³/mol. The Morgan fingerprint density at radius 2 is 2.00 bits per heavy atom. The van der Waals surface area contributed by atoms with Gasteiger partial charge in [0.2, 0.25) is 0 Å². The molecule has 2 aromatic rings. The van der Waals surface area contributed by atoms with Crippen LogP contribution in [-0.4, -0.2) is 15.8 Å². The number of anilines is 1. The minimum atomic E-state index is 0.476. The molecule has 0 aliphatic carbocycles. The lowest BCUT2D eigenvalue weighted by molar-refractivity contribution is 0.494. The number of hydrogen-bond acceptors (Lipinski definition) is 2. The number of nitrogens with one attached hydrogen (secondary N) is 1. The van der Waals surface area contributed by atoms with Crippen LogP contribution in [0.5, 0.6) is 0 Å². The SMILES string of the molecule is CCC(C)C(C)Nc1ccccc1Cn1cccn1. The van der Waals surface area contributed by atoms with Gasteiger partial charge in [0.05, 0.1) is 6.54 Å². The molecule has 0 aliphatic heterocycles. The highest BCUT2D eigenvalue weighted by Crippen LogP contribution is 2.20. The summed E-state index contributed by atoms with van der Waals surface area (Å²) < 4.78 is 1.95. The van der Waals surface area contributed by atoms with E-state index in [4.69, 9.17) is 0 Å². The van der Waals surface area contributed by atoms with Gasteiger partial charge in [0.25, 0.3) is 0 Å². The number of para-hydroxylation sites is 1. The van der Waals surface area contributed by atoms with Crippen LogP contribution in [0, 0.1) is 5.92 Å². The number of aromatic nitrogens is 2. The van der Waals surface area contributed by atoms with Gasteiger partial charge in [-0.15, -0.1) is 0 Å². The topological polar surface area (TPSA) is 29.9 Å². The zero-order valence-electron chi connectivity index (χ0n) is 12.0. The van der Waals surface area contributed by atoms with Crippen molar-refractivity contribution in [1.29, 1.82) is 0 Å². The van der Waals surface area contributed by atoms with Gasteiger partial charge in [-0.2, -0.15) is 5.10 Å². The van der Waals surface area contributed by atoms with Gasteiger partial charge >= 0.3 is 0 Å². The first kappa shape index (κ1) is 13.7. The van der Waals surface area contributed by atoms with Crippen LogP contribution >= 0.6 is 0 Å². The van der Waals surface area contributed by atoms with E-state index in [1.165, 1.54) is 17.7 Å². The summed E-state index contributed by atoms with van der Waals surface area (Å²) in [5, 5.41) is 7.90. The highest BCUT2D eigenvalue weighted by Gasteiger charge is 2.11. The molecule has 102 valence electrons. The van der Waals surface area contributed by atoms with Gasteiger partial charge < -0.3 is 5.32 Å². The molecule has 2 rings (SSSR count). The first-order valence-electron chi connectivity index (χ1n) is 7.02. The van der Waals surface area contributed by atoms with Gasteiger partial charge in [-0.3, -0.25) is 4.68 Å². The van der Waals surface area contributed by atoms with E-state index in [2.05, 4.69) is 55.5 Å². The fraction of sp³-hybridized carbons (Fsp3) is 0.438. The Balaban J connectivity index is 2.12. The van der Waals surface area contributed by atoms with Gasteiger partial charge in [-0.1, -0.05) is 38.5 Å². The molecule has 0 aliphatic rings. The second-order valence-corrected chi connectivity index (χ2v) is 5.18. The number of hydrogen-bond donors (Lipinski definition) is 1. The fourth-order valence-electron chi connectivity index (χ4n) is 2.11. The summed E-state index contributed by atoms with van der Waals surface area (Å²) in [7, 11) is 0. The molecule has 19 heavy (non-hydrogen) atoms. The van der Waals surface area contributed by atoms with E-state index < -0.39 is 0 Å². The Hall–Kier alpha value is -1.77. The molecule has 1 aromatic heterocycles. The molecule has 0 saturated carbocycles. The van der Waals surface area contributed by atoms with E-state index in [0.29, 0.717) is 12.0 Å². The molecule has 0 amide bonds. The number of nitrogens with zero attached hydrogens (tertiary/aromatic N) is 2. The van der Waals surface area contributed by atoms with Crippen molar-refractivity contribution in [3.63, 3.8) is 0 Å². The molecule has 1 aromatic carbocycles. The minimum absolute atomic E-state index is 0.476. The van der Waals surface area contributed by atoms with E-state index in [1.807, 2.05) is 23.1 Å². The summed E-state index contributed by atoms with van der Waals surface area (Å²) >= 11 is 0. The molecule has 1 heterocycles. The first-order chi connectivity index (χ1) is 9.20. The quantitative estimate of drug-likeness (QED) is 0.853. The van der Waals surface area contributed by atoms with Gasteiger partial charge in [0.15, 0.2) is 0 Å². The Bertz CT molecular complexity index is 490. The lowest BCUT2D eigenvalue weighted by atomic mass is 10.00. The van der Waals surface area contributed by atoms with Crippen LogP contribution in [0.2, 0.25) is 0 Å². The van der Waals surface area contributed by atoms with Gasteiger partial charge in [-0.25, -0.2) is 0 Å². The molecule has 2 atom stereocenters. The maximum atomic E-state index is 4.27. The Morgan fingerprint density at radius 3 is 2.68 bits per heavy atom. The molecule has 3 heteroatoms. The third-order valence-electron chi connectivity index (χ3n) is 3.79. The zero-order chi connectivity index (χ0) is 13.7. The van der Waals surface area contributed by atoms with E-state index in [-0.39, 0.29) is 0 Å². The standard InChI is InChI=1S/C16H23N3/c1-4-13(2)14(3)18-16-9-6-5-8-15(16)12-19-11-7-10-17-19/h5-11,13-14,18H,4,12H2,1-3H3. The highest BCUT2D eigenvalue weighted by molar-refractivity contribution is 5.51. The zero-order valence-corrected chi connectivity index (χ0v) is 12.0. The van der Waals surface area contributed by atoms with Crippen LogP contribution in [0.4, 0.5) is 5.69 Å². The van der Waals surface area contributed by atoms with E-state index in [1.54, 1.807) is 0 Å². The van der Waals surface area contributed by atoms with Crippen molar-refractivity contribution < 1.29 is 0 Å². The third-order valence-corrected chi connectivity index (χ3v) is 3.79. The number of benzene rings is 1. The molecule has 3 nitrogen and oxygen atoms in total. The lowest BCUT2D eigenvalue weighted by Gasteiger charge is -2.23. The smallest absolute Gasteiger partial charge is 0.0679 e. The minimum Gasteiger partial charge on any atom is -0.382 e. The maximum absolute atomic E-state index is 4.27. The molecule has 0 radical (unpaired) electrons. The van der Waals surface area contributed by atoms with Crippen LogP contribution < -0.4 is 5.32 Å². The maximum Gasteiger partial charge on any atom is 0.0679 e. The van der Waals surface area contributed by atoms with E-state index in [0.717, 1.165) is 6.54 Å². The molecule has 0 spiro atoms. The summed E-state index contributed by atoms with van der Waals surface area (Å²) in [5.74, 6) is 0.665. The Morgan fingerprint density at radius 1 is 1.21 bits per heavy atom. The van der Waals surface area contributed by atoms with Crippen molar-refractivity contribution in [3.8, 4) is 0 Å². The van der Waals surface area contributed by atoms with Crippen LogP contribution in [0.3, 0.4) is 0 Å². The van der Waals surface area contributed by atoms with Gasteiger partial charge in [0.1, 0.15) is 0 Å². The predicted octanol–water partition coefficient (Wildman–Crippen LogP) is 3.78. The summed E-state index contributed by atoms with van der Waals surface area (Å²) in [4.78, 5) is 0. The molecule has 2 unspecified atom stereocenters. The molecular formula is C16H23N3. The normalized spacial score (nSPS) is 14.1. The van der Waals surface area contributed by atoms with Crippen molar-refractivity contribution in [2.75, 3.05) is 5.32 Å². The van der Waals surface area contributed by atoms with Crippen LogP contribution in [0.1, 0.15) is 32.8 Å². The largest absolute Gasteiger partial charge is 0.382 e. The van der Waals surface area contributed by atoms with Crippen molar-refractivity contribution in [3.05, 3.63) is 48.3 Å². The van der Waals surface area contributed by atoms with Crippen molar-refractivity contribution >= 4 is 5.69 Å². The van der Waals surface area contributed by atoms with Crippen molar-refractivity contribution in [1.82, 2.24) is 9.78 Å². The number of rotatable bonds is 6. The molecule has 0 saturated heterocycles. The van der Waals surface area contributed by atoms with E-state index >= 15 is 0 Å². The highest BCUT2D eigenvalue weighted by atomic mass is 15.3. The second kappa shape index (κ2) is 6.41. The second-order valence-electron chi connectivity index (χ2n) is 5.18. The van der Waals surface area contributed by atoms with Crippen LogP contribution in [0.25, 0.3) is 0 Å². The molecule has 0 fully saturated rings. The molecule has 0 bridgehead atoms. The fourth-order valence-corrected chi connectivity index (χ4v) is 2.11. The molecule has 1 N–H and O–H groups in total. The monoisotopic (exact) mass is 257 g/mol. The summed E-state index contributed by atoms with van der Waals surface area (Å²) in [6.45, 7) is 7.58. The van der Waals surface area contributed by atoms with Gasteiger partial charge in [0, 0.05) is 24.1 Å². The van der Waals surface area contributed by atoms with Crippen LogP contribution in [-0.2, 0) is 6.54 Å². The van der Waals surface area contributed by atoms with Gasteiger partial charge in [-0.05, 0) is 30.5 Å². The first-order valence-corrected chi connectivity index (χ1v) is 7.02. The Labute approximate surface area is 115 Å². The Kier molecular flexibility index (Phi) is 4.61. The van der Waals surface area contributed by atoms with Crippen molar-refractivity contribution in [2.24, 2.45) is 5.92 Å². The summed E-state index contributed by atoms with van der Waals surface area (Å²) in [6.07, 6.45) is 5.00. The lowest BCUT2D eigenvalue weighted by Crippen LogP contribution is -2.24. The van der Waals surface area contributed by atoms with Crippen molar-refractivity contribution in [2.45, 2.75) is 39.8 Å². The van der Waals surface area contributed by atoms with Crippen LogP contribution in [0.15, 0.2) is 42.7 Å². The summed E-state index contributed by atoms with van der Waals surface area (Å²) in [6, 6.07) is 10.9. The van der Waals surface area contributed by atoms with E-state index in [9.17, 15) is 0 Å². The average Bonchev–Trinajstić information content (AvgIpc) is 2.93. The summed E-state index contributed by atoms with van der Waals surface area (Å²) in [5.41, 5.74) is 2.49. The average molecular weight is 257 g/mol. The third kappa shape index (κ3) is 3.60. The molecular weight excluding hydrogens is 234 g/mol.